The van der Waals surface area contributed by atoms with Gasteiger partial charge in [-0.1, -0.05) is 18.2 Å². The fraction of sp³-hybridized carbons (Fsp3) is 0.300. The quantitative estimate of drug-likeness (QED) is 0.742. The van der Waals surface area contributed by atoms with Crippen molar-refractivity contribution in [3.63, 3.8) is 0 Å². The minimum absolute atomic E-state index is 0.0877. The average molecular weight is 404 g/mol. The molecule has 2 N–H and O–H groups in total. The highest BCUT2D eigenvalue weighted by molar-refractivity contribution is 7.92. The Labute approximate surface area is 165 Å². The number of hydrogen-bond donors (Lipinski definition) is 2. The van der Waals surface area contributed by atoms with E-state index < -0.39 is 10.0 Å². The van der Waals surface area contributed by atoms with Crippen molar-refractivity contribution in [2.75, 3.05) is 25.4 Å². The Morgan fingerprint density at radius 1 is 1.04 bits per heavy atom. The minimum atomic E-state index is -3.78. The normalized spacial score (nSPS) is 11.0. The number of anilines is 1. The van der Waals surface area contributed by atoms with Crippen LogP contribution in [0.1, 0.15) is 27.9 Å². The van der Waals surface area contributed by atoms with Crippen LogP contribution < -0.4 is 10.0 Å². The summed E-state index contributed by atoms with van der Waals surface area (Å²) in [4.78, 5) is 25.5. The second-order valence-electron chi connectivity index (χ2n) is 6.75. The molecule has 0 saturated carbocycles. The lowest BCUT2D eigenvalue weighted by atomic mass is 10.2. The van der Waals surface area contributed by atoms with Gasteiger partial charge in [0, 0.05) is 38.3 Å². The van der Waals surface area contributed by atoms with E-state index in [0.717, 1.165) is 5.56 Å². The van der Waals surface area contributed by atoms with E-state index in [9.17, 15) is 18.0 Å². The zero-order chi connectivity index (χ0) is 20.9. The molecule has 0 bridgehead atoms. The fourth-order valence-electron chi connectivity index (χ4n) is 2.54. The molecule has 0 aliphatic heterocycles. The second kappa shape index (κ2) is 8.88. The smallest absolute Gasteiger partial charge is 0.262 e. The molecule has 0 aromatic heterocycles. The number of amides is 2. The molecule has 0 fully saturated rings. The maximum absolute atomic E-state index is 12.7. The van der Waals surface area contributed by atoms with Crippen LogP contribution in [-0.4, -0.2) is 45.8 Å². The zero-order valence-electron chi connectivity index (χ0n) is 16.4. The van der Waals surface area contributed by atoms with Crippen molar-refractivity contribution in [2.24, 2.45) is 0 Å². The van der Waals surface area contributed by atoms with Gasteiger partial charge in [-0.2, -0.15) is 0 Å². The van der Waals surface area contributed by atoms with Gasteiger partial charge in [0.05, 0.1) is 4.90 Å². The van der Waals surface area contributed by atoms with Gasteiger partial charge in [-0.15, -0.1) is 0 Å². The first kappa shape index (κ1) is 21.4. The van der Waals surface area contributed by atoms with Gasteiger partial charge in [0.2, 0.25) is 5.91 Å². The van der Waals surface area contributed by atoms with Gasteiger partial charge >= 0.3 is 0 Å². The summed E-state index contributed by atoms with van der Waals surface area (Å²) in [6.45, 7) is 3.76. The molecule has 0 aliphatic carbocycles. The van der Waals surface area contributed by atoms with Crippen LogP contribution in [-0.2, 0) is 14.8 Å². The van der Waals surface area contributed by atoms with Gasteiger partial charge in [0.1, 0.15) is 0 Å². The molecule has 0 spiro atoms. The monoisotopic (exact) mass is 403 g/mol. The Bertz CT molecular complexity index is 985. The van der Waals surface area contributed by atoms with Gasteiger partial charge in [-0.05, 0) is 49.2 Å². The van der Waals surface area contributed by atoms with Crippen LogP contribution in [0.25, 0.3) is 0 Å². The third-order valence-electron chi connectivity index (χ3n) is 4.13. The number of aryl methyl sites for hydroxylation is 2. The Balaban J connectivity index is 2.11. The van der Waals surface area contributed by atoms with Crippen LogP contribution >= 0.6 is 0 Å². The van der Waals surface area contributed by atoms with E-state index in [1.165, 1.54) is 11.0 Å². The lowest BCUT2D eigenvalue weighted by Crippen LogP contribution is -2.30. The van der Waals surface area contributed by atoms with Crippen LogP contribution in [0, 0.1) is 13.8 Å². The number of carbonyl (C=O) groups is 2. The van der Waals surface area contributed by atoms with Gasteiger partial charge < -0.3 is 10.2 Å². The summed E-state index contributed by atoms with van der Waals surface area (Å²) < 4.78 is 27.9. The lowest BCUT2D eigenvalue weighted by Gasteiger charge is -2.13. The Kier molecular flexibility index (Phi) is 6.80. The van der Waals surface area contributed by atoms with Crippen molar-refractivity contribution in [3.05, 3.63) is 59.2 Å². The SMILES string of the molecule is Cc1ccc(C)c(S(=O)(=O)Nc2cccc(C(=O)NCCC(=O)N(C)C)c2)c1. The van der Waals surface area contributed by atoms with Crippen molar-refractivity contribution >= 4 is 27.5 Å². The number of carbonyl (C=O) groups excluding carboxylic acids is 2. The number of sulfonamides is 1. The maximum Gasteiger partial charge on any atom is 0.262 e. The van der Waals surface area contributed by atoms with Crippen LogP contribution in [0.2, 0.25) is 0 Å². The Hall–Kier alpha value is -2.87. The molecule has 0 radical (unpaired) electrons. The largest absolute Gasteiger partial charge is 0.352 e. The van der Waals surface area contributed by atoms with Gasteiger partial charge in [0.25, 0.3) is 15.9 Å². The maximum atomic E-state index is 12.7. The molecule has 2 aromatic carbocycles. The molecule has 2 amide bonds. The highest BCUT2D eigenvalue weighted by Gasteiger charge is 2.18. The van der Waals surface area contributed by atoms with Crippen molar-refractivity contribution in [2.45, 2.75) is 25.2 Å². The minimum Gasteiger partial charge on any atom is -0.352 e. The third-order valence-corrected chi connectivity index (χ3v) is 5.66. The van der Waals surface area contributed by atoms with E-state index in [4.69, 9.17) is 0 Å². The van der Waals surface area contributed by atoms with E-state index >= 15 is 0 Å². The van der Waals surface area contributed by atoms with Crippen LogP contribution in [0.3, 0.4) is 0 Å². The number of nitrogens with one attached hydrogen (secondary N) is 2. The van der Waals surface area contributed by atoms with E-state index in [1.807, 2.05) is 13.0 Å². The fourth-order valence-corrected chi connectivity index (χ4v) is 3.92. The molecule has 0 aliphatic rings. The number of hydrogen-bond acceptors (Lipinski definition) is 4. The molecule has 0 saturated heterocycles. The first-order valence-corrected chi connectivity index (χ1v) is 10.3. The Morgan fingerprint density at radius 2 is 1.75 bits per heavy atom. The van der Waals surface area contributed by atoms with E-state index in [2.05, 4.69) is 10.0 Å². The standard InChI is InChI=1S/C20H25N3O4S/c1-14-8-9-15(2)18(12-14)28(26,27)22-17-7-5-6-16(13-17)20(25)21-11-10-19(24)23(3)4/h5-9,12-13,22H,10-11H2,1-4H3,(H,21,25). The highest BCUT2D eigenvalue weighted by atomic mass is 32.2. The zero-order valence-corrected chi connectivity index (χ0v) is 17.3. The van der Waals surface area contributed by atoms with E-state index in [0.29, 0.717) is 11.1 Å². The van der Waals surface area contributed by atoms with Crippen LogP contribution in [0.4, 0.5) is 5.69 Å². The third kappa shape index (κ3) is 5.56. The lowest BCUT2D eigenvalue weighted by molar-refractivity contribution is -0.128. The van der Waals surface area contributed by atoms with Crippen molar-refractivity contribution in [1.82, 2.24) is 10.2 Å². The predicted molar refractivity (Wildman–Crippen MR) is 109 cm³/mol. The summed E-state index contributed by atoms with van der Waals surface area (Å²) in [7, 11) is -0.482. The van der Waals surface area contributed by atoms with Gasteiger partial charge in [-0.3, -0.25) is 14.3 Å². The van der Waals surface area contributed by atoms with Crippen LogP contribution in [0.15, 0.2) is 47.4 Å². The molecule has 0 atom stereocenters. The summed E-state index contributed by atoms with van der Waals surface area (Å²) in [6, 6.07) is 11.4. The molecular formula is C20H25N3O4S. The van der Waals surface area contributed by atoms with Crippen molar-refractivity contribution in [3.8, 4) is 0 Å². The molecule has 7 nitrogen and oxygen atoms in total. The van der Waals surface area contributed by atoms with E-state index in [1.54, 1.807) is 51.4 Å². The Morgan fingerprint density at radius 3 is 2.43 bits per heavy atom. The van der Waals surface area contributed by atoms with Crippen molar-refractivity contribution in [1.29, 1.82) is 0 Å². The first-order valence-electron chi connectivity index (χ1n) is 8.78. The summed E-state index contributed by atoms with van der Waals surface area (Å²) >= 11 is 0. The van der Waals surface area contributed by atoms with E-state index in [-0.39, 0.29) is 35.4 Å². The number of rotatable bonds is 7. The second-order valence-corrected chi connectivity index (χ2v) is 8.40. The topological polar surface area (TPSA) is 95.6 Å². The molecule has 0 heterocycles. The molecule has 28 heavy (non-hydrogen) atoms. The molecule has 0 unspecified atom stereocenters. The predicted octanol–water partition coefficient (Wildman–Crippen LogP) is 2.31. The number of benzene rings is 2. The van der Waals surface area contributed by atoms with Gasteiger partial charge in [0.15, 0.2) is 0 Å². The van der Waals surface area contributed by atoms with Crippen LogP contribution in [0.5, 0.6) is 0 Å². The highest BCUT2D eigenvalue weighted by Crippen LogP contribution is 2.21. The summed E-state index contributed by atoms with van der Waals surface area (Å²) in [5, 5.41) is 2.66. The first-order chi connectivity index (χ1) is 13.1. The summed E-state index contributed by atoms with van der Waals surface area (Å²) in [6.07, 6.45) is 0.192. The molecule has 2 rings (SSSR count). The summed E-state index contributed by atoms with van der Waals surface area (Å²) in [5.41, 5.74) is 2.07. The summed E-state index contributed by atoms with van der Waals surface area (Å²) in [5.74, 6) is -0.463. The molecule has 8 heteroatoms. The molecule has 2 aromatic rings. The van der Waals surface area contributed by atoms with Crippen molar-refractivity contribution < 1.29 is 18.0 Å². The van der Waals surface area contributed by atoms with Gasteiger partial charge in [-0.25, -0.2) is 8.42 Å². The average Bonchev–Trinajstić information content (AvgIpc) is 2.63. The molecule has 150 valence electrons. The number of nitrogens with zero attached hydrogens (tertiary/aromatic N) is 1. The molecular weight excluding hydrogens is 378 g/mol.